The van der Waals surface area contributed by atoms with E-state index in [1.54, 1.807) is 0 Å². The zero-order valence-electron chi connectivity index (χ0n) is 6.42. The van der Waals surface area contributed by atoms with Gasteiger partial charge in [0.25, 0.3) is 0 Å². The molecule has 0 amide bonds. The number of aromatic carboxylic acids is 1. The summed E-state index contributed by atoms with van der Waals surface area (Å²) in [6.07, 6.45) is 0. The number of halogens is 2. The van der Waals surface area contributed by atoms with Crippen molar-refractivity contribution in [3.05, 3.63) is 34.9 Å². The first-order chi connectivity index (χ1) is 6.06. The van der Waals surface area contributed by atoms with Gasteiger partial charge in [0.2, 0.25) is 0 Å². The third kappa shape index (κ3) is 1.81. The van der Waals surface area contributed by atoms with E-state index in [-0.39, 0.29) is 5.56 Å². The van der Waals surface area contributed by atoms with Crippen molar-refractivity contribution in [3.8, 4) is 0 Å². The molecule has 0 radical (unpaired) electrons. The second-order valence-corrected chi connectivity index (χ2v) is 2.39. The number of benzene rings is 1. The Morgan fingerprint density at radius 1 is 1.31 bits per heavy atom. The van der Waals surface area contributed by atoms with E-state index < -0.39 is 29.8 Å². The molecule has 0 aliphatic carbocycles. The third-order valence-electron chi connectivity index (χ3n) is 1.54. The molecule has 0 fully saturated rings. The van der Waals surface area contributed by atoms with Crippen molar-refractivity contribution in [2.75, 3.05) is 0 Å². The Bertz CT molecular complexity index is 349. The van der Waals surface area contributed by atoms with E-state index in [0.717, 1.165) is 0 Å². The van der Waals surface area contributed by atoms with Crippen molar-refractivity contribution < 1.29 is 23.8 Å². The van der Waals surface area contributed by atoms with Crippen LogP contribution in [0.4, 0.5) is 8.78 Å². The van der Waals surface area contributed by atoms with Crippen molar-refractivity contribution in [1.29, 1.82) is 0 Å². The summed E-state index contributed by atoms with van der Waals surface area (Å²) in [4.78, 5) is 10.3. The van der Waals surface area contributed by atoms with Gasteiger partial charge in [-0.2, -0.15) is 0 Å². The quantitative estimate of drug-likeness (QED) is 0.732. The molecular weight excluding hydrogens is 182 g/mol. The summed E-state index contributed by atoms with van der Waals surface area (Å²) in [5.41, 5.74) is -1.00. The molecule has 70 valence electrons. The molecule has 0 atom stereocenters. The normalized spacial score (nSPS) is 10.1. The monoisotopic (exact) mass is 188 g/mol. The molecule has 0 spiro atoms. The highest BCUT2D eigenvalue weighted by molar-refractivity contribution is 5.87. The number of carboxylic acid groups (broad SMARTS) is 1. The van der Waals surface area contributed by atoms with Gasteiger partial charge in [-0.25, -0.2) is 13.6 Å². The summed E-state index contributed by atoms with van der Waals surface area (Å²) in [5, 5.41) is 16.9. The van der Waals surface area contributed by atoms with Crippen molar-refractivity contribution >= 4 is 5.97 Å². The van der Waals surface area contributed by atoms with E-state index in [1.807, 2.05) is 0 Å². The molecule has 0 bridgehead atoms. The summed E-state index contributed by atoms with van der Waals surface area (Å²) < 4.78 is 25.6. The van der Waals surface area contributed by atoms with E-state index in [1.165, 1.54) is 0 Å². The fourth-order valence-corrected chi connectivity index (χ4v) is 0.873. The highest BCUT2D eigenvalue weighted by Gasteiger charge is 2.14. The molecule has 0 aliphatic rings. The minimum atomic E-state index is -1.54. The minimum absolute atomic E-state index is 0.262. The first-order valence-corrected chi connectivity index (χ1v) is 3.38. The number of carbonyl (C=O) groups is 1. The van der Waals surface area contributed by atoms with Crippen LogP contribution in [0.3, 0.4) is 0 Å². The average Bonchev–Trinajstić information content (AvgIpc) is 2.07. The van der Waals surface area contributed by atoms with Gasteiger partial charge in [0.1, 0.15) is 11.6 Å². The fourth-order valence-electron chi connectivity index (χ4n) is 0.873. The van der Waals surface area contributed by atoms with Crippen LogP contribution in [0.2, 0.25) is 0 Å². The van der Waals surface area contributed by atoms with E-state index in [4.69, 9.17) is 10.2 Å². The molecule has 1 rings (SSSR count). The molecule has 2 N–H and O–H groups in total. The lowest BCUT2D eigenvalue weighted by molar-refractivity contribution is 0.0691. The summed E-state index contributed by atoms with van der Waals surface area (Å²) >= 11 is 0. The zero-order valence-corrected chi connectivity index (χ0v) is 6.42. The van der Waals surface area contributed by atoms with Crippen LogP contribution in [-0.2, 0) is 6.61 Å². The van der Waals surface area contributed by atoms with Crippen LogP contribution < -0.4 is 0 Å². The molecule has 13 heavy (non-hydrogen) atoms. The topological polar surface area (TPSA) is 57.5 Å². The van der Waals surface area contributed by atoms with Crippen LogP contribution in [0.5, 0.6) is 0 Å². The first-order valence-electron chi connectivity index (χ1n) is 3.38. The summed E-state index contributed by atoms with van der Waals surface area (Å²) in [6.45, 7) is -0.664. The maximum absolute atomic E-state index is 12.8. The van der Waals surface area contributed by atoms with Crippen LogP contribution >= 0.6 is 0 Å². The Balaban J connectivity index is 3.28. The standard InChI is InChI=1S/C8H6F2O3/c9-6-2-5(8(12)13)7(10)1-4(6)3-11/h1-2,11H,3H2,(H,12,13). The Kier molecular flexibility index (Phi) is 2.57. The van der Waals surface area contributed by atoms with Gasteiger partial charge >= 0.3 is 5.97 Å². The van der Waals surface area contributed by atoms with Gasteiger partial charge in [-0.3, -0.25) is 0 Å². The van der Waals surface area contributed by atoms with E-state index in [9.17, 15) is 13.6 Å². The van der Waals surface area contributed by atoms with Crippen LogP contribution in [0.25, 0.3) is 0 Å². The van der Waals surface area contributed by atoms with E-state index in [2.05, 4.69) is 0 Å². The smallest absolute Gasteiger partial charge is 0.338 e. The number of aliphatic hydroxyl groups is 1. The largest absolute Gasteiger partial charge is 0.478 e. The molecule has 3 nitrogen and oxygen atoms in total. The lowest BCUT2D eigenvalue weighted by Crippen LogP contribution is -2.03. The second-order valence-electron chi connectivity index (χ2n) is 2.39. The molecular formula is C8H6F2O3. The maximum Gasteiger partial charge on any atom is 0.338 e. The number of hydrogen-bond donors (Lipinski definition) is 2. The predicted molar refractivity (Wildman–Crippen MR) is 39.2 cm³/mol. The Labute approximate surface area is 72.2 Å². The summed E-state index contributed by atoms with van der Waals surface area (Å²) in [5.74, 6) is -3.53. The van der Waals surface area contributed by atoms with Crippen LogP contribution in [0.1, 0.15) is 15.9 Å². The lowest BCUT2D eigenvalue weighted by Gasteiger charge is -2.01. The number of rotatable bonds is 2. The highest BCUT2D eigenvalue weighted by atomic mass is 19.1. The zero-order chi connectivity index (χ0) is 10.0. The molecule has 0 heterocycles. The molecule has 0 unspecified atom stereocenters. The molecule has 5 heteroatoms. The summed E-state index contributed by atoms with van der Waals surface area (Å²) in [7, 11) is 0. The Hall–Kier alpha value is -1.49. The van der Waals surface area contributed by atoms with Crippen molar-refractivity contribution in [1.82, 2.24) is 0 Å². The fraction of sp³-hybridized carbons (Fsp3) is 0.125. The van der Waals surface area contributed by atoms with Gasteiger partial charge in [-0.1, -0.05) is 0 Å². The van der Waals surface area contributed by atoms with Gasteiger partial charge in [0.15, 0.2) is 0 Å². The van der Waals surface area contributed by atoms with Crippen molar-refractivity contribution in [2.24, 2.45) is 0 Å². The van der Waals surface area contributed by atoms with Gasteiger partial charge in [0.05, 0.1) is 12.2 Å². The first kappa shape index (κ1) is 9.60. The van der Waals surface area contributed by atoms with E-state index >= 15 is 0 Å². The van der Waals surface area contributed by atoms with Crippen LogP contribution in [-0.4, -0.2) is 16.2 Å². The number of carboxylic acids is 1. The van der Waals surface area contributed by atoms with Crippen molar-refractivity contribution in [2.45, 2.75) is 6.61 Å². The minimum Gasteiger partial charge on any atom is -0.478 e. The molecule has 1 aromatic carbocycles. The highest BCUT2D eigenvalue weighted by Crippen LogP contribution is 2.14. The molecule has 0 aliphatic heterocycles. The molecule has 1 aromatic rings. The Morgan fingerprint density at radius 3 is 2.38 bits per heavy atom. The predicted octanol–water partition coefficient (Wildman–Crippen LogP) is 1.16. The van der Waals surface area contributed by atoms with Crippen LogP contribution in [0.15, 0.2) is 12.1 Å². The number of aliphatic hydroxyl groups excluding tert-OH is 1. The SMILES string of the molecule is O=C(O)c1cc(F)c(CO)cc1F. The van der Waals surface area contributed by atoms with Gasteiger partial charge in [0, 0.05) is 5.56 Å². The van der Waals surface area contributed by atoms with Crippen LogP contribution in [0, 0.1) is 11.6 Å². The van der Waals surface area contributed by atoms with E-state index in [0.29, 0.717) is 12.1 Å². The third-order valence-corrected chi connectivity index (χ3v) is 1.54. The second kappa shape index (κ2) is 3.49. The van der Waals surface area contributed by atoms with Gasteiger partial charge < -0.3 is 10.2 Å². The number of hydrogen-bond acceptors (Lipinski definition) is 2. The maximum atomic E-state index is 12.8. The molecule has 0 saturated heterocycles. The lowest BCUT2D eigenvalue weighted by atomic mass is 10.1. The molecule has 0 saturated carbocycles. The Morgan fingerprint density at radius 2 is 1.92 bits per heavy atom. The van der Waals surface area contributed by atoms with Gasteiger partial charge in [-0.05, 0) is 12.1 Å². The summed E-state index contributed by atoms with van der Waals surface area (Å²) in [6, 6.07) is 1.21. The average molecular weight is 188 g/mol. The molecule has 0 aromatic heterocycles. The van der Waals surface area contributed by atoms with Crippen molar-refractivity contribution in [3.63, 3.8) is 0 Å². The van der Waals surface area contributed by atoms with Gasteiger partial charge in [-0.15, -0.1) is 0 Å².